The van der Waals surface area contributed by atoms with Gasteiger partial charge in [-0.25, -0.2) is 4.68 Å². The summed E-state index contributed by atoms with van der Waals surface area (Å²) >= 11 is 0. The van der Waals surface area contributed by atoms with Gasteiger partial charge in [-0.05, 0) is 38.0 Å². The number of nitrogens with one attached hydrogen (secondary N) is 1. The Kier molecular flexibility index (Phi) is 5.03. The molecule has 8 nitrogen and oxygen atoms in total. The molecule has 0 atom stereocenters. The molecule has 2 amide bonds. The second-order valence-corrected chi connectivity index (χ2v) is 6.37. The average molecular weight is 365 g/mol. The van der Waals surface area contributed by atoms with Crippen molar-refractivity contribution in [2.75, 3.05) is 16.8 Å². The lowest BCUT2D eigenvalue weighted by atomic mass is 10.1. The third-order valence-corrected chi connectivity index (χ3v) is 4.58. The first-order chi connectivity index (χ1) is 12.9. The van der Waals surface area contributed by atoms with E-state index in [-0.39, 0.29) is 18.0 Å². The van der Waals surface area contributed by atoms with Crippen LogP contribution in [0.5, 0.6) is 0 Å². The van der Waals surface area contributed by atoms with Gasteiger partial charge >= 0.3 is 0 Å². The highest BCUT2D eigenvalue weighted by Gasteiger charge is 2.24. The van der Waals surface area contributed by atoms with E-state index in [1.165, 1.54) is 0 Å². The Morgan fingerprint density at radius 1 is 1.30 bits per heavy atom. The second-order valence-electron chi connectivity index (χ2n) is 6.37. The molecule has 138 valence electrons. The molecule has 2 aromatic rings. The van der Waals surface area contributed by atoms with E-state index < -0.39 is 11.5 Å². The summed E-state index contributed by atoms with van der Waals surface area (Å²) in [6, 6.07) is 8.90. The first-order valence-corrected chi connectivity index (χ1v) is 8.60. The Morgan fingerprint density at radius 3 is 2.70 bits per heavy atom. The predicted octanol–water partition coefficient (Wildman–Crippen LogP) is 1.50. The number of carbonyl (C=O) groups is 2. The fraction of sp³-hybridized carbons (Fsp3) is 0.316. The molecule has 27 heavy (non-hydrogen) atoms. The van der Waals surface area contributed by atoms with Gasteiger partial charge in [0.1, 0.15) is 18.2 Å². The van der Waals surface area contributed by atoms with E-state index in [0.29, 0.717) is 35.6 Å². The van der Waals surface area contributed by atoms with Crippen LogP contribution >= 0.6 is 0 Å². The highest BCUT2D eigenvalue weighted by molar-refractivity contribution is 6.01. The lowest BCUT2D eigenvalue weighted by Crippen LogP contribution is -2.33. The van der Waals surface area contributed by atoms with Crippen LogP contribution in [0.4, 0.5) is 11.4 Å². The molecule has 1 aromatic carbocycles. The third-order valence-electron chi connectivity index (χ3n) is 4.58. The van der Waals surface area contributed by atoms with Gasteiger partial charge in [0, 0.05) is 13.0 Å². The van der Waals surface area contributed by atoms with Crippen LogP contribution in [0.3, 0.4) is 0 Å². The maximum atomic E-state index is 12.5. The molecule has 0 saturated carbocycles. The molecule has 1 fully saturated rings. The Balaban J connectivity index is 1.84. The number of aromatic nitrogens is 2. The van der Waals surface area contributed by atoms with Crippen LogP contribution in [0.15, 0.2) is 29.1 Å². The van der Waals surface area contributed by atoms with Crippen molar-refractivity contribution in [2.45, 2.75) is 33.2 Å². The molecule has 0 spiro atoms. The maximum absolute atomic E-state index is 12.5. The minimum atomic E-state index is -0.598. The molecule has 8 heteroatoms. The largest absolute Gasteiger partial charge is 0.323 e. The molecule has 1 aliphatic heterocycles. The normalized spacial score (nSPS) is 13.5. The molecule has 0 aliphatic carbocycles. The summed E-state index contributed by atoms with van der Waals surface area (Å²) in [5.74, 6) is -0.446. The van der Waals surface area contributed by atoms with Gasteiger partial charge in [0.2, 0.25) is 11.8 Å². The van der Waals surface area contributed by atoms with Crippen molar-refractivity contribution >= 4 is 23.2 Å². The van der Waals surface area contributed by atoms with Gasteiger partial charge in [0.15, 0.2) is 0 Å². The summed E-state index contributed by atoms with van der Waals surface area (Å²) in [6.07, 6.45) is 1.27. The topological polar surface area (TPSA) is 108 Å². The summed E-state index contributed by atoms with van der Waals surface area (Å²) < 4.78 is 0.986. The Bertz CT molecular complexity index is 1020. The number of benzene rings is 1. The van der Waals surface area contributed by atoms with E-state index in [4.69, 9.17) is 0 Å². The number of hydrogen-bond donors (Lipinski definition) is 1. The monoisotopic (exact) mass is 365 g/mol. The fourth-order valence-electron chi connectivity index (χ4n) is 3.05. The fourth-order valence-corrected chi connectivity index (χ4v) is 3.05. The van der Waals surface area contributed by atoms with Crippen molar-refractivity contribution in [3.8, 4) is 6.07 Å². The zero-order valence-electron chi connectivity index (χ0n) is 15.2. The van der Waals surface area contributed by atoms with E-state index >= 15 is 0 Å². The zero-order chi connectivity index (χ0) is 19.6. The molecule has 0 bridgehead atoms. The summed E-state index contributed by atoms with van der Waals surface area (Å²) in [4.78, 5) is 38.5. The SMILES string of the molecule is Cc1nn(CC(=O)Nc2ccccc2N2CCCC2=O)c(=O)c(C#N)c1C. The molecular formula is C19H19N5O3. The molecule has 2 heterocycles. The molecule has 0 radical (unpaired) electrons. The molecule has 1 N–H and O–H groups in total. The van der Waals surface area contributed by atoms with Crippen LogP contribution in [0.1, 0.15) is 29.7 Å². The number of aryl methyl sites for hydroxylation is 1. The van der Waals surface area contributed by atoms with Gasteiger partial charge in [0.25, 0.3) is 5.56 Å². The van der Waals surface area contributed by atoms with Gasteiger partial charge < -0.3 is 10.2 Å². The summed E-state index contributed by atoms with van der Waals surface area (Å²) in [5, 5.41) is 16.0. The molecule has 1 aliphatic rings. The molecular weight excluding hydrogens is 346 g/mol. The summed E-state index contributed by atoms with van der Waals surface area (Å²) in [6.45, 7) is 3.61. The van der Waals surface area contributed by atoms with Crippen molar-refractivity contribution in [2.24, 2.45) is 0 Å². The lowest BCUT2D eigenvalue weighted by molar-refractivity contribution is -0.118. The smallest absolute Gasteiger partial charge is 0.285 e. The quantitative estimate of drug-likeness (QED) is 0.883. The van der Waals surface area contributed by atoms with Gasteiger partial charge in [-0.1, -0.05) is 12.1 Å². The van der Waals surface area contributed by atoms with Crippen LogP contribution in [0, 0.1) is 25.2 Å². The van der Waals surface area contributed by atoms with Crippen molar-refractivity contribution in [1.82, 2.24) is 9.78 Å². The zero-order valence-corrected chi connectivity index (χ0v) is 15.2. The second kappa shape index (κ2) is 7.41. The highest BCUT2D eigenvalue weighted by atomic mass is 16.2. The Labute approximate surface area is 156 Å². The van der Waals surface area contributed by atoms with Crippen LogP contribution in [0.2, 0.25) is 0 Å². The number of carbonyl (C=O) groups excluding carboxylic acids is 2. The highest BCUT2D eigenvalue weighted by Crippen LogP contribution is 2.29. The first-order valence-electron chi connectivity index (χ1n) is 8.60. The van der Waals surface area contributed by atoms with Crippen LogP contribution in [0.25, 0.3) is 0 Å². The van der Waals surface area contributed by atoms with Gasteiger partial charge in [-0.3, -0.25) is 14.4 Å². The minimum absolute atomic E-state index is 0.0154. The first kappa shape index (κ1) is 18.3. The van der Waals surface area contributed by atoms with E-state index in [1.54, 1.807) is 43.0 Å². The Hall–Kier alpha value is -3.47. The van der Waals surface area contributed by atoms with Gasteiger partial charge in [0.05, 0.1) is 17.1 Å². The number of para-hydroxylation sites is 2. The van der Waals surface area contributed by atoms with Crippen LogP contribution in [-0.2, 0) is 16.1 Å². The standard InChI is InChI=1S/C19H19N5O3/c1-12-13(2)22-24(19(27)14(12)10-20)11-17(25)21-15-6-3-4-7-16(15)23-9-5-8-18(23)26/h3-4,6-7H,5,8-9,11H2,1-2H3,(H,21,25). The number of anilines is 2. The predicted molar refractivity (Wildman–Crippen MR) is 99.3 cm³/mol. The summed E-state index contributed by atoms with van der Waals surface area (Å²) in [7, 11) is 0. The molecule has 0 unspecified atom stereocenters. The third kappa shape index (κ3) is 3.58. The van der Waals surface area contributed by atoms with E-state index in [0.717, 1.165) is 11.1 Å². The van der Waals surface area contributed by atoms with E-state index in [9.17, 15) is 19.6 Å². The molecule has 1 saturated heterocycles. The molecule has 1 aromatic heterocycles. The van der Waals surface area contributed by atoms with E-state index in [2.05, 4.69) is 10.4 Å². The minimum Gasteiger partial charge on any atom is -0.323 e. The maximum Gasteiger partial charge on any atom is 0.285 e. The van der Waals surface area contributed by atoms with Crippen LogP contribution in [-0.4, -0.2) is 28.1 Å². The van der Waals surface area contributed by atoms with Gasteiger partial charge in [-0.15, -0.1) is 0 Å². The van der Waals surface area contributed by atoms with Crippen molar-refractivity contribution in [3.63, 3.8) is 0 Å². The number of nitriles is 1. The molecule has 3 rings (SSSR count). The number of nitrogens with zero attached hydrogens (tertiary/aromatic N) is 4. The number of hydrogen-bond acceptors (Lipinski definition) is 5. The van der Waals surface area contributed by atoms with Crippen LogP contribution < -0.4 is 15.8 Å². The number of rotatable bonds is 4. The summed E-state index contributed by atoms with van der Waals surface area (Å²) in [5.41, 5.74) is 1.54. The van der Waals surface area contributed by atoms with Gasteiger partial charge in [-0.2, -0.15) is 10.4 Å². The van der Waals surface area contributed by atoms with E-state index in [1.807, 2.05) is 6.07 Å². The Morgan fingerprint density at radius 2 is 2.04 bits per heavy atom. The average Bonchev–Trinajstić information content (AvgIpc) is 3.06. The van der Waals surface area contributed by atoms with Crippen molar-refractivity contribution in [3.05, 3.63) is 51.4 Å². The van der Waals surface area contributed by atoms with Crippen molar-refractivity contribution in [1.29, 1.82) is 5.26 Å². The number of amides is 2. The van der Waals surface area contributed by atoms with Crippen molar-refractivity contribution < 1.29 is 9.59 Å². The lowest BCUT2D eigenvalue weighted by Gasteiger charge is -2.20.